The smallest absolute Gasteiger partial charge is 0.241 e. The lowest BCUT2D eigenvalue weighted by Crippen LogP contribution is -2.52. The lowest BCUT2D eigenvalue weighted by atomic mass is 10.2. The normalized spacial score (nSPS) is 18.6. The van der Waals surface area contributed by atoms with Crippen molar-refractivity contribution in [3.8, 4) is 5.75 Å². The maximum absolute atomic E-state index is 12.1. The Bertz CT molecular complexity index is 450. The van der Waals surface area contributed by atoms with Crippen LogP contribution in [0.2, 0.25) is 5.02 Å². The number of hydrogen-bond acceptors (Lipinski definition) is 4. The van der Waals surface area contributed by atoms with Gasteiger partial charge < -0.3 is 19.7 Å². The number of nitrogens with zero attached hydrogens (tertiary/aromatic N) is 1. The van der Waals surface area contributed by atoms with Gasteiger partial charge >= 0.3 is 0 Å². The molecular formula is C14H19ClN2O3. The van der Waals surface area contributed by atoms with Gasteiger partial charge in [0.1, 0.15) is 18.4 Å². The van der Waals surface area contributed by atoms with Crippen LogP contribution in [0.4, 0.5) is 0 Å². The molecule has 1 unspecified atom stereocenters. The quantitative estimate of drug-likeness (QED) is 0.886. The summed E-state index contributed by atoms with van der Waals surface area (Å²) < 4.78 is 10.8. The molecule has 1 aromatic rings. The number of hydrogen-bond donors (Lipinski definition) is 1. The van der Waals surface area contributed by atoms with E-state index in [1.165, 1.54) is 0 Å². The molecule has 6 heteroatoms. The minimum Gasteiger partial charge on any atom is -0.492 e. The Morgan fingerprint density at radius 3 is 3.15 bits per heavy atom. The fourth-order valence-electron chi connectivity index (χ4n) is 1.96. The third-order valence-electron chi connectivity index (χ3n) is 3.09. The van der Waals surface area contributed by atoms with Gasteiger partial charge in [0.2, 0.25) is 5.91 Å². The summed E-state index contributed by atoms with van der Waals surface area (Å²) in [5, 5.41) is 3.78. The highest BCUT2D eigenvalue weighted by Gasteiger charge is 2.23. The summed E-state index contributed by atoms with van der Waals surface area (Å²) in [5.41, 5.74) is 0. The number of carbonyl (C=O) groups is 1. The maximum Gasteiger partial charge on any atom is 0.241 e. The third kappa shape index (κ3) is 4.37. The minimum absolute atomic E-state index is 0.0272. The van der Waals surface area contributed by atoms with Crippen LogP contribution in [0, 0.1) is 0 Å². The molecular weight excluding hydrogens is 280 g/mol. The van der Waals surface area contributed by atoms with Crippen LogP contribution in [0.15, 0.2) is 24.3 Å². The Morgan fingerprint density at radius 2 is 2.45 bits per heavy atom. The molecule has 0 saturated carbocycles. The van der Waals surface area contributed by atoms with Gasteiger partial charge in [-0.25, -0.2) is 0 Å². The van der Waals surface area contributed by atoms with E-state index in [9.17, 15) is 4.79 Å². The highest BCUT2D eigenvalue weighted by Crippen LogP contribution is 2.16. The summed E-state index contributed by atoms with van der Waals surface area (Å²) in [6.07, 6.45) is 0. The van der Waals surface area contributed by atoms with Crippen LogP contribution in [0.3, 0.4) is 0 Å². The summed E-state index contributed by atoms with van der Waals surface area (Å²) in [6.45, 7) is 2.74. The molecule has 0 bridgehead atoms. The van der Waals surface area contributed by atoms with Gasteiger partial charge in [0.25, 0.3) is 0 Å². The van der Waals surface area contributed by atoms with Crippen LogP contribution in [0.5, 0.6) is 5.75 Å². The molecule has 1 aromatic carbocycles. The van der Waals surface area contributed by atoms with E-state index in [1.807, 2.05) is 12.1 Å². The molecule has 1 atom stereocenters. The minimum atomic E-state index is -0.250. The van der Waals surface area contributed by atoms with Gasteiger partial charge in [-0.05, 0) is 18.2 Å². The van der Waals surface area contributed by atoms with Crippen molar-refractivity contribution in [1.29, 1.82) is 0 Å². The zero-order chi connectivity index (χ0) is 14.4. The first-order chi connectivity index (χ1) is 9.66. The van der Waals surface area contributed by atoms with Crippen LogP contribution in [-0.2, 0) is 9.53 Å². The number of rotatable bonds is 5. The molecule has 0 aliphatic carbocycles. The zero-order valence-corrected chi connectivity index (χ0v) is 12.2. The number of nitrogens with one attached hydrogen (secondary N) is 1. The lowest BCUT2D eigenvalue weighted by Gasteiger charge is -2.27. The average Bonchev–Trinajstić information content (AvgIpc) is 2.47. The van der Waals surface area contributed by atoms with Crippen molar-refractivity contribution in [1.82, 2.24) is 10.2 Å². The molecule has 1 amide bonds. The highest BCUT2D eigenvalue weighted by molar-refractivity contribution is 6.30. The molecule has 1 fully saturated rings. The molecule has 1 saturated heterocycles. The predicted molar refractivity (Wildman–Crippen MR) is 77.2 cm³/mol. The number of ether oxygens (including phenoxy) is 2. The van der Waals surface area contributed by atoms with Gasteiger partial charge in [0.05, 0.1) is 19.8 Å². The zero-order valence-electron chi connectivity index (χ0n) is 11.5. The number of carbonyl (C=O) groups excluding carboxylic acids is 1. The fourth-order valence-corrected chi connectivity index (χ4v) is 2.14. The highest BCUT2D eigenvalue weighted by atomic mass is 35.5. The second kappa shape index (κ2) is 7.47. The number of amides is 1. The summed E-state index contributed by atoms with van der Waals surface area (Å²) in [6, 6.07) is 6.96. The third-order valence-corrected chi connectivity index (χ3v) is 3.32. The van der Waals surface area contributed by atoms with Crippen molar-refractivity contribution in [2.45, 2.75) is 6.04 Å². The van der Waals surface area contributed by atoms with Crippen molar-refractivity contribution < 1.29 is 14.3 Å². The van der Waals surface area contributed by atoms with Crippen LogP contribution in [-0.4, -0.2) is 56.8 Å². The maximum atomic E-state index is 12.1. The summed E-state index contributed by atoms with van der Waals surface area (Å²) in [4.78, 5) is 13.8. The second-order valence-corrected chi connectivity index (χ2v) is 5.08. The van der Waals surface area contributed by atoms with E-state index in [1.54, 1.807) is 24.1 Å². The first kappa shape index (κ1) is 15.1. The first-order valence-corrected chi connectivity index (χ1v) is 6.99. The standard InChI is InChI=1S/C14H19ClN2O3/c1-17(14(18)13-10-19-7-5-16-13)6-8-20-12-4-2-3-11(15)9-12/h2-4,9,13,16H,5-8,10H2,1H3. The van der Waals surface area contributed by atoms with Gasteiger partial charge in [-0.3, -0.25) is 4.79 Å². The van der Waals surface area contributed by atoms with E-state index < -0.39 is 0 Å². The Balaban J connectivity index is 1.74. The molecule has 0 radical (unpaired) electrons. The number of benzene rings is 1. The topological polar surface area (TPSA) is 50.8 Å². The van der Waals surface area contributed by atoms with Crippen LogP contribution in [0.1, 0.15) is 0 Å². The van der Waals surface area contributed by atoms with E-state index in [4.69, 9.17) is 21.1 Å². The monoisotopic (exact) mass is 298 g/mol. The van der Waals surface area contributed by atoms with Gasteiger partial charge in [0, 0.05) is 18.6 Å². The first-order valence-electron chi connectivity index (χ1n) is 6.61. The molecule has 1 aliphatic rings. The van der Waals surface area contributed by atoms with Crippen molar-refractivity contribution in [3.63, 3.8) is 0 Å². The molecule has 5 nitrogen and oxygen atoms in total. The summed E-state index contributed by atoms with van der Waals surface area (Å²) >= 11 is 5.87. The Kier molecular flexibility index (Phi) is 5.64. The molecule has 110 valence electrons. The van der Waals surface area contributed by atoms with Crippen molar-refractivity contribution in [2.24, 2.45) is 0 Å². The van der Waals surface area contributed by atoms with Gasteiger partial charge in [-0.1, -0.05) is 17.7 Å². The number of halogens is 1. The van der Waals surface area contributed by atoms with Crippen LogP contribution >= 0.6 is 11.6 Å². The largest absolute Gasteiger partial charge is 0.492 e. The number of morpholine rings is 1. The molecule has 1 aliphatic heterocycles. The van der Waals surface area contributed by atoms with E-state index in [-0.39, 0.29) is 11.9 Å². The van der Waals surface area contributed by atoms with Gasteiger partial charge in [-0.15, -0.1) is 0 Å². The van der Waals surface area contributed by atoms with E-state index in [2.05, 4.69) is 5.32 Å². The molecule has 0 aromatic heterocycles. The molecule has 0 spiro atoms. The molecule has 1 heterocycles. The second-order valence-electron chi connectivity index (χ2n) is 4.65. The Hall–Kier alpha value is -1.30. The van der Waals surface area contributed by atoms with Gasteiger partial charge in [-0.2, -0.15) is 0 Å². The molecule has 1 N–H and O–H groups in total. The van der Waals surface area contributed by atoms with Gasteiger partial charge in [0.15, 0.2) is 0 Å². The summed E-state index contributed by atoms with van der Waals surface area (Å²) in [5.74, 6) is 0.733. The van der Waals surface area contributed by atoms with E-state index in [0.717, 1.165) is 0 Å². The number of likely N-dealkylation sites (N-methyl/N-ethyl adjacent to an activating group) is 1. The van der Waals surface area contributed by atoms with Crippen molar-refractivity contribution in [3.05, 3.63) is 29.3 Å². The van der Waals surface area contributed by atoms with Crippen molar-refractivity contribution >= 4 is 17.5 Å². The Labute approximate surface area is 123 Å². The molecule has 2 rings (SSSR count). The van der Waals surface area contributed by atoms with E-state index >= 15 is 0 Å². The van der Waals surface area contributed by atoms with Crippen LogP contribution < -0.4 is 10.1 Å². The lowest BCUT2D eigenvalue weighted by molar-refractivity contribution is -0.135. The summed E-state index contributed by atoms with van der Waals surface area (Å²) in [7, 11) is 1.76. The van der Waals surface area contributed by atoms with Crippen molar-refractivity contribution in [2.75, 3.05) is 40.0 Å². The average molecular weight is 299 g/mol. The van der Waals surface area contributed by atoms with E-state index in [0.29, 0.717) is 43.7 Å². The Morgan fingerprint density at radius 1 is 1.60 bits per heavy atom. The SMILES string of the molecule is CN(CCOc1cccc(Cl)c1)C(=O)C1COCCN1. The van der Waals surface area contributed by atoms with Crippen LogP contribution in [0.25, 0.3) is 0 Å². The predicted octanol–water partition coefficient (Wildman–Crippen LogP) is 1.17. The fraction of sp³-hybridized carbons (Fsp3) is 0.500. The molecule has 20 heavy (non-hydrogen) atoms.